The monoisotopic (exact) mass is 403 g/mol. The van der Waals surface area contributed by atoms with Crippen LogP contribution in [0.4, 0.5) is 0 Å². The Balaban J connectivity index is 1.63. The highest BCUT2D eigenvalue weighted by Crippen LogP contribution is 2.41. The summed E-state index contributed by atoms with van der Waals surface area (Å²) in [6.45, 7) is 0. The molecule has 8 nitrogen and oxygen atoms in total. The number of carbonyl (C=O) groups is 1. The third-order valence-corrected chi connectivity index (χ3v) is 5.05. The van der Waals surface area contributed by atoms with Gasteiger partial charge in [-0.05, 0) is 49.1 Å². The van der Waals surface area contributed by atoms with Crippen LogP contribution in [0.3, 0.4) is 0 Å². The number of nitrogens with zero attached hydrogens (tertiary/aromatic N) is 4. The molecule has 1 fully saturated rings. The van der Waals surface area contributed by atoms with Crippen molar-refractivity contribution >= 4 is 5.97 Å². The normalized spacial score (nSPS) is 14.2. The second-order valence-corrected chi connectivity index (χ2v) is 7.43. The molecule has 0 saturated heterocycles. The third kappa shape index (κ3) is 4.16. The number of carboxylic acids is 1. The smallest absolute Gasteiger partial charge is 0.320 e. The maximum Gasteiger partial charge on any atom is 0.320 e. The first-order valence-corrected chi connectivity index (χ1v) is 9.64. The summed E-state index contributed by atoms with van der Waals surface area (Å²) in [4.78, 5) is 15.4. The van der Waals surface area contributed by atoms with Gasteiger partial charge in [0.15, 0.2) is 0 Å². The van der Waals surface area contributed by atoms with Gasteiger partial charge in [0.1, 0.15) is 11.8 Å². The second kappa shape index (κ2) is 7.97. The van der Waals surface area contributed by atoms with Crippen LogP contribution in [0.5, 0.6) is 11.6 Å². The van der Waals surface area contributed by atoms with Gasteiger partial charge in [0.2, 0.25) is 5.88 Å². The predicted molar refractivity (Wildman–Crippen MR) is 109 cm³/mol. The number of aromatic nitrogens is 3. The lowest BCUT2D eigenvalue weighted by atomic mass is 10.0. The van der Waals surface area contributed by atoms with Crippen molar-refractivity contribution in [1.82, 2.24) is 14.8 Å². The molecule has 1 saturated carbocycles. The molecule has 0 radical (unpaired) electrons. The van der Waals surface area contributed by atoms with Gasteiger partial charge in [0.25, 0.3) is 0 Å². The fourth-order valence-electron chi connectivity index (χ4n) is 3.19. The van der Waals surface area contributed by atoms with Gasteiger partial charge < -0.3 is 15.6 Å². The van der Waals surface area contributed by atoms with E-state index < -0.39 is 12.0 Å². The van der Waals surface area contributed by atoms with Gasteiger partial charge in [0, 0.05) is 30.8 Å². The first kappa shape index (κ1) is 19.6. The van der Waals surface area contributed by atoms with E-state index in [4.69, 9.17) is 15.6 Å². The molecule has 8 heteroatoms. The lowest BCUT2D eigenvalue weighted by Gasteiger charge is -2.12. The molecule has 0 amide bonds. The number of benzene rings is 1. The number of aliphatic carboxylic acids is 1. The molecule has 152 valence electrons. The van der Waals surface area contributed by atoms with E-state index in [-0.39, 0.29) is 6.42 Å². The van der Waals surface area contributed by atoms with Crippen molar-refractivity contribution in [2.45, 2.75) is 31.2 Å². The van der Waals surface area contributed by atoms with Crippen LogP contribution in [-0.4, -0.2) is 31.9 Å². The highest BCUT2D eigenvalue weighted by Gasteiger charge is 2.27. The minimum Gasteiger partial charge on any atom is -0.480 e. The number of rotatable bonds is 7. The molecule has 3 N–H and O–H groups in total. The number of hydrogen-bond donors (Lipinski definition) is 2. The van der Waals surface area contributed by atoms with E-state index in [0.29, 0.717) is 28.8 Å². The van der Waals surface area contributed by atoms with E-state index in [9.17, 15) is 10.1 Å². The van der Waals surface area contributed by atoms with E-state index in [1.54, 1.807) is 41.2 Å². The van der Waals surface area contributed by atoms with E-state index in [1.807, 2.05) is 13.1 Å². The average molecular weight is 403 g/mol. The van der Waals surface area contributed by atoms with Gasteiger partial charge >= 0.3 is 5.97 Å². The molecular weight excluding hydrogens is 382 g/mol. The maximum absolute atomic E-state index is 11.0. The summed E-state index contributed by atoms with van der Waals surface area (Å²) >= 11 is 0. The van der Waals surface area contributed by atoms with Crippen LogP contribution < -0.4 is 10.5 Å². The average Bonchev–Trinajstić information content (AvgIpc) is 3.53. The summed E-state index contributed by atoms with van der Waals surface area (Å²) in [5.41, 5.74) is 9.18. The fourth-order valence-corrected chi connectivity index (χ4v) is 3.19. The molecule has 3 aromatic rings. The zero-order valence-corrected chi connectivity index (χ0v) is 16.4. The molecular formula is C22H21N5O3. The van der Waals surface area contributed by atoms with E-state index in [2.05, 4.69) is 16.2 Å². The number of carboxylic acid groups (broad SMARTS) is 1. The van der Waals surface area contributed by atoms with Crippen LogP contribution in [0.25, 0.3) is 11.3 Å². The van der Waals surface area contributed by atoms with Gasteiger partial charge in [-0.15, -0.1) is 0 Å². The molecule has 2 heterocycles. The van der Waals surface area contributed by atoms with E-state index in [0.717, 1.165) is 29.7 Å². The Morgan fingerprint density at radius 3 is 2.80 bits per heavy atom. The number of aryl methyl sites for hydroxylation is 1. The minimum absolute atomic E-state index is 0.193. The largest absolute Gasteiger partial charge is 0.480 e. The molecule has 1 aliphatic carbocycles. The standard InChI is InChI=1S/C22H21N5O3/c1-27-21(10-19(26-27)15-4-5-15)30-20-9-13(11-23)2-6-16(20)18-7-3-14(12-25-18)8-17(24)22(28)29/h2-3,6-7,9-10,12,15,17H,4-5,8,24H2,1H3,(H,28,29)/t17-/m0/s1. The van der Waals surface area contributed by atoms with Crippen molar-refractivity contribution in [3.63, 3.8) is 0 Å². The molecule has 0 bridgehead atoms. The lowest BCUT2D eigenvalue weighted by molar-refractivity contribution is -0.138. The summed E-state index contributed by atoms with van der Waals surface area (Å²) < 4.78 is 7.83. The van der Waals surface area contributed by atoms with Crippen molar-refractivity contribution in [3.05, 3.63) is 59.4 Å². The summed E-state index contributed by atoms with van der Waals surface area (Å²) in [6.07, 6.45) is 4.09. The summed E-state index contributed by atoms with van der Waals surface area (Å²) in [5, 5.41) is 22.8. The Morgan fingerprint density at radius 2 is 2.17 bits per heavy atom. The quantitative estimate of drug-likeness (QED) is 0.621. The van der Waals surface area contributed by atoms with Crippen LogP contribution in [0.2, 0.25) is 0 Å². The molecule has 2 aromatic heterocycles. The van der Waals surface area contributed by atoms with Crippen LogP contribution in [-0.2, 0) is 18.3 Å². The molecule has 30 heavy (non-hydrogen) atoms. The number of nitrogens with two attached hydrogens (primary N) is 1. The first-order chi connectivity index (χ1) is 14.4. The Kier molecular flexibility index (Phi) is 5.21. The molecule has 0 unspecified atom stereocenters. The topological polar surface area (TPSA) is 127 Å². The molecule has 0 aliphatic heterocycles. The first-order valence-electron chi connectivity index (χ1n) is 9.64. The Hall–Kier alpha value is -3.70. The van der Waals surface area contributed by atoms with Crippen LogP contribution in [0.15, 0.2) is 42.6 Å². The fraction of sp³-hybridized carbons (Fsp3) is 0.273. The zero-order valence-electron chi connectivity index (χ0n) is 16.4. The second-order valence-electron chi connectivity index (χ2n) is 7.43. The highest BCUT2D eigenvalue weighted by molar-refractivity contribution is 5.73. The number of ether oxygens (including phenoxy) is 1. The number of pyridine rings is 1. The van der Waals surface area contributed by atoms with Gasteiger partial charge in [-0.25, -0.2) is 4.68 Å². The van der Waals surface area contributed by atoms with Crippen molar-refractivity contribution in [3.8, 4) is 29.0 Å². The van der Waals surface area contributed by atoms with Crippen molar-refractivity contribution in [2.75, 3.05) is 0 Å². The SMILES string of the molecule is Cn1nc(C2CC2)cc1Oc1cc(C#N)ccc1-c1ccc(C[C@H](N)C(=O)O)cn1. The Bertz CT molecular complexity index is 1130. The zero-order chi connectivity index (χ0) is 21.3. The lowest BCUT2D eigenvalue weighted by Crippen LogP contribution is -2.32. The number of hydrogen-bond acceptors (Lipinski definition) is 6. The van der Waals surface area contributed by atoms with Gasteiger partial charge in [-0.3, -0.25) is 9.78 Å². The van der Waals surface area contributed by atoms with E-state index in [1.165, 1.54) is 0 Å². The molecule has 4 rings (SSSR count). The summed E-state index contributed by atoms with van der Waals surface area (Å²) in [6, 6.07) is 11.8. The van der Waals surface area contributed by atoms with Crippen LogP contribution >= 0.6 is 0 Å². The van der Waals surface area contributed by atoms with Crippen molar-refractivity contribution < 1.29 is 14.6 Å². The molecule has 1 atom stereocenters. The number of nitriles is 1. The molecule has 1 aromatic carbocycles. The van der Waals surface area contributed by atoms with E-state index >= 15 is 0 Å². The van der Waals surface area contributed by atoms with Gasteiger partial charge in [0.05, 0.1) is 23.0 Å². The Labute approximate surface area is 173 Å². The van der Waals surface area contributed by atoms with Crippen molar-refractivity contribution in [1.29, 1.82) is 5.26 Å². The van der Waals surface area contributed by atoms with Gasteiger partial charge in [-0.2, -0.15) is 10.4 Å². The van der Waals surface area contributed by atoms with Crippen molar-refractivity contribution in [2.24, 2.45) is 12.8 Å². The van der Waals surface area contributed by atoms with Crippen LogP contribution in [0, 0.1) is 11.3 Å². The molecule has 1 aliphatic rings. The van der Waals surface area contributed by atoms with Gasteiger partial charge in [-0.1, -0.05) is 6.07 Å². The maximum atomic E-state index is 11.0. The minimum atomic E-state index is -1.05. The third-order valence-electron chi connectivity index (χ3n) is 5.05. The summed E-state index contributed by atoms with van der Waals surface area (Å²) in [7, 11) is 1.83. The highest BCUT2D eigenvalue weighted by atomic mass is 16.5. The molecule has 0 spiro atoms. The Morgan fingerprint density at radius 1 is 1.37 bits per heavy atom. The predicted octanol–water partition coefficient (Wildman–Crippen LogP) is 2.98. The van der Waals surface area contributed by atoms with Crippen LogP contribution in [0.1, 0.15) is 35.6 Å². The summed E-state index contributed by atoms with van der Waals surface area (Å²) in [5.74, 6) is 0.549.